The van der Waals surface area contributed by atoms with Gasteiger partial charge in [0.15, 0.2) is 0 Å². The number of nitrogens with one attached hydrogen (secondary N) is 2. The fourth-order valence-electron chi connectivity index (χ4n) is 0.967. The van der Waals surface area contributed by atoms with Gasteiger partial charge in [-0.3, -0.25) is 9.59 Å². The fourth-order valence-corrected chi connectivity index (χ4v) is 0.967. The van der Waals surface area contributed by atoms with E-state index < -0.39 is 18.5 Å². The Morgan fingerprint density at radius 1 is 1.19 bits per heavy atom. The van der Waals surface area contributed by atoms with Crippen molar-refractivity contribution < 1.29 is 24.2 Å². The quantitative estimate of drug-likeness (QED) is 0.493. The van der Waals surface area contributed by atoms with Crippen molar-refractivity contribution in [2.75, 3.05) is 19.8 Å². The predicted molar refractivity (Wildman–Crippen MR) is 52.6 cm³/mol. The molecule has 1 fully saturated rings. The van der Waals surface area contributed by atoms with Crippen molar-refractivity contribution >= 4 is 17.8 Å². The van der Waals surface area contributed by atoms with Gasteiger partial charge in [-0.15, -0.1) is 0 Å². The van der Waals surface area contributed by atoms with Gasteiger partial charge < -0.3 is 20.5 Å². The highest BCUT2D eigenvalue weighted by Crippen LogP contribution is 2.17. The average molecular weight is 230 g/mol. The summed E-state index contributed by atoms with van der Waals surface area (Å²) in [4.78, 5) is 32.2. The molecule has 0 radical (unpaired) electrons. The normalized spacial score (nSPS) is 14.2. The summed E-state index contributed by atoms with van der Waals surface area (Å²) in [6, 6.07) is 0.257. The number of aliphatic carboxylic acids is 1. The molecule has 1 saturated carbocycles. The first kappa shape index (κ1) is 12.4. The van der Waals surface area contributed by atoms with Crippen LogP contribution in [0.5, 0.6) is 0 Å². The molecule has 0 spiro atoms. The van der Waals surface area contributed by atoms with Gasteiger partial charge >= 0.3 is 5.97 Å². The van der Waals surface area contributed by atoms with Crippen molar-refractivity contribution in [2.45, 2.75) is 18.9 Å². The molecule has 16 heavy (non-hydrogen) atoms. The van der Waals surface area contributed by atoms with Crippen LogP contribution in [-0.2, 0) is 19.1 Å². The Hall–Kier alpha value is -1.63. The zero-order chi connectivity index (χ0) is 12.0. The first-order valence-corrected chi connectivity index (χ1v) is 4.93. The largest absolute Gasteiger partial charge is 0.480 e. The third kappa shape index (κ3) is 5.97. The van der Waals surface area contributed by atoms with Crippen molar-refractivity contribution in [3.8, 4) is 0 Å². The highest BCUT2D eigenvalue weighted by molar-refractivity contribution is 5.85. The number of carbonyl (C=O) groups excluding carboxylic acids is 2. The number of hydrogen-bond acceptors (Lipinski definition) is 4. The number of rotatable bonds is 7. The maximum absolute atomic E-state index is 11.1. The summed E-state index contributed by atoms with van der Waals surface area (Å²) >= 11 is 0. The molecule has 0 aromatic rings. The second-order valence-electron chi connectivity index (χ2n) is 3.51. The number of carboxylic acid groups (broad SMARTS) is 1. The van der Waals surface area contributed by atoms with Gasteiger partial charge in [-0.25, -0.2) is 4.79 Å². The van der Waals surface area contributed by atoms with Crippen LogP contribution in [0, 0.1) is 0 Å². The molecule has 0 saturated heterocycles. The van der Waals surface area contributed by atoms with Crippen LogP contribution in [0.3, 0.4) is 0 Å². The summed E-state index contributed by atoms with van der Waals surface area (Å²) in [6.07, 6.45) is 1.98. The van der Waals surface area contributed by atoms with Crippen LogP contribution in [0.15, 0.2) is 0 Å². The van der Waals surface area contributed by atoms with E-state index in [2.05, 4.69) is 15.4 Å². The molecule has 0 bridgehead atoms. The summed E-state index contributed by atoms with van der Waals surface area (Å²) in [5.41, 5.74) is 0. The van der Waals surface area contributed by atoms with Crippen molar-refractivity contribution in [1.29, 1.82) is 0 Å². The van der Waals surface area contributed by atoms with Gasteiger partial charge in [-0.2, -0.15) is 0 Å². The number of carbonyl (C=O) groups is 3. The summed E-state index contributed by atoms with van der Waals surface area (Å²) in [7, 11) is 0. The van der Waals surface area contributed by atoms with E-state index in [0.29, 0.717) is 0 Å². The summed E-state index contributed by atoms with van der Waals surface area (Å²) in [5.74, 6) is -1.89. The van der Waals surface area contributed by atoms with E-state index in [0.717, 1.165) is 12.8 Å². The SMILES string of the molecule is O=C(O)COCC(=O)NCC(=O)NC1CC1. The molecule has 1 rings (SSSR count). The molecule has 1 aliphatic rings. The molecular formula is C9H14N2O5. The van der Waals surface area contributed by atoms with E-state index in [4.69, 9.17) is 5.11 Å². The molecule has 7 nitrogen and oxygen atoms in total. The molecule has 0 atom stereocenters. The van der Waals surface area contributed by atoms with Crippen molar-refractivity contribution in [2.24, 2.45) is 0 Å². The zero-order valence-corrected chi connectivity index (χ0v) is 8.69. The van der Waals surface area contributed by atoms with Gasteiger partial charge in [-0.05, 0) is 12.8 Å². The Balaban J connectivity index is 2.00. The van der Waals surface area contributed by atoms with Crippen LogP contribution < -0.4 is 10.6 Å². The lowest BCUT2D eigenvalue weighted by molar-refractivity contribution is -0.143. The van der Waals surface area contributed by atoms with E-state index in [9.17, 15) is 14.4 Å². The Morgan fingerprint density at radius 3 is 2.44 bits per heavy atom. The lowest BCUT2D eigenvalue weighted by Gasteiger charge is -2.05. The zero-order valence-electron chi connectivity index (χ0n) is 8.69. The first-order valence-electron chi connectivity index (χ1n) is 4.93. The van der Waals surface area contributed by atoms with E-state index >= 15 is 0 Å². The van der Waals surface area contributed by atoms with Crippen LogP contribution in [0.1, 0.15) is 12.8 Å². The van der Waals surface area contributed by atoms with E-state index in [1.165, 1.54) is 0 Å². The number of ether oxygens (including phenoxy) is 1. The van der Waals surface area contributed by atoms with Crippen LogP contribution in [-0.4, -0.2) is 48.7 Å². The maximum Gasteiger partial charge on any atom is 0.329 e. The molecule has 0 unspecified atom stereocenters. The predicted octanol–water partition coefficient (Wildman–Crippen LogP) is -1.52. The summed E-state index contributed by atoms with van der Waals surface area (Å²) in [5, 5.41) is 13.2. The molecule has 0 heterocycles. The van der Waals surface area contributed by atoms with E-state index in [1.54, 1.807) is 0 Å². The first-order chi connectivity index (χ1) is 7.58. The number of amides is 2. The highest BCUT2D eigenvalue weighted by Gasteiger charge is 2.23. The fraction of sp³-hybridized carbons (Fsp3) is 0.667. The van der Waals surface area contributed by atoms with Gasteiger partial charge in [0.2, 0.25) is 11.8 Å². The molecular weight excluding hydrogens is 216 g/mol. The topological polar surface area (TPSA) is 105 Å². The van der Waals surface area contributed by atoms with E-state index in [1.807, 2.05) is 0 Å². The molecule has 0 aliphatic heterocycles. The Kier molecular flexibility index (Phi) is 4.71. The standard InChI is InChI=1S/C9H14N2O5/c12-7(11-6-1-2-6)3-10-8(13)4-16-5-9(14)15/h6H,1-5H2,(H,10,13)(H,11,12)(H,14,15). The molecule has 0 aromatic carbocycles. The second kappa shape index (κ2) is 6.06. The van der Waals surface area contributed by atoms with Crippen LogP contribution >= 0.6 is 0 Å². The Morgan fingerprint density at radius 2 is 1.88 bits per heavy atom. The molecule has 90 valence electrons. The lowest BCUT2D eigenvalue weighted by atomic mass is 10.5. The van der Waals surface area contributed by atoms with Crippen LogP contribution in [0.25, 0.3) is 0 Å². The minimum atomic E-state index is -1.14. The minimum absolute atomic E-state index is 0.105. The summed E-state index contributed by atoms with van der Waals surface area (Å²) < 4.78 is 4.54. The molecule has 2 amide bonds. The Labute approximate surface area is 92.1 Å². The minimum Gasteiger partial charge on any atom is -0.480 e. The van der Waals surface area contributed by atoms with Gasteiger partial charge in [0, 0.05) is 6.04 Å². The lowest BCUT2D eigenvalue weighted by Crippen LogP contribution is -2.39. The summed E-state index contributed by atoms with van der Waals surface area (Å²) in [6.45, 7) is -0.990. The van der Waals surface area contributed by atoms with Crippen molar-refractivity contribution in [3.05, 3.63) is 0 Å². The van der Waals surface area contributed by atoms with Gasteiger partial charge in [0.25, 0.3) is 0 Å². The molecule has 0 aromatic heterocycles. The van der Waals surface area contributed by atoms with Gasteiger partial charge in [-0.1, -0.05) is 0 Å². The molecule has 1 aliphatic carbocycles. The number of hydrogen-bond donors (Lipinski definition) is 3. The average Bonchev–Trinajstić information content (AvgIpc) is 2.98. The van der Waals surface area contributed by atoms with Crippen molar-refractivity contribution in [1.82, 2.24) is 10.6 Å². The monoisotopic (exact) mass is 230 g/mol. The van der Waals surface area contributed by atoms with Crippen LogP contribution in [0.4, 0.5) is 0 Å². The van der Waals surface area contributed by atoms with Crippen molar-refractivity contribution in [3.63, 3.8) is 0 Å². The van der Waals surface area contributed by atoms with Crippen LogP contribution in [0.2, 0.25) is 0 Å². The van der Waals surface area contributed by atoms with E-state index in [-0.39, 0.29) is 25.1 Å². The highest BCUT2D eigenvalue weighted by atomic mass is 16.5. The van der Waals surface area contributed by atoms with Gasteiger partial charge in [0.05, 0.1) is 6.54 Å². The van der Waals surface area contributed by atoms with Gasteiger partial charge in [0.1, 0.15) is 13.2 Å². The second-order valence-corrected chi connectivity index (χ2v) is 3.51. The third-order valence-corrected chi connectivity index (χ3v) is 1.85. The third-order valence-electron chi connectivity index (χ3n) is 1.85. The molecule has 3 N–H and O–H groups in total. The Bertz CT molecular complexity index is 288. The maximum atomic E-state index is 11.1. The number of carboxylic acids is 1. The molecule has 7 heteroatoms. The smallest absolute Gasteiger partial charge is 0.329 e.